The first-order valence-electron chi connectivity index (χ1n) is 17.6. The molecule has 2 aliphatic rings. The maximum atomic E-state index is 13.0. The topological polar surface area (TPSA) is 330 Å². The Morgan fingerprint density at radius 3 is 1.64 bits per heavy atom. The van der Waals surface area contributed by atoms with Gasteiger partial charge in [0, 0.05) is 37.7 Å². The average Bonchev–Trinajstić information content (AvgIpc) is 3.22. The molecule has 328 valence electrons. The van der Waals surface area contributed by atoms with Gasteiger partial charge in [-0.3, -0.25) is 43.4 Å². The van der Waals surface area contributed by atoms with E-state index in [2.05, 4.69) is 26.4 Å². The van der Waals surface area contributed by atoms with Crippen LogP contribution in [0.1, 0.15) is 32.6 Å². The van der Waals surface area contributed by atoms with E-state index in [0.717, 1.165) is 52.3 Å². The Kier molecular flexibility index (Phi) is 12.1. The van der Waals surface area contributed by atoms with Gasteiger partial charge in [-0.05, 0) is 121 Å². The van der Waals surface area contributed by atoms with Gasteiger partial charge in [0.05, 0.1) is 21.2 Å². The predicted octanol–water partition coefficient (Wildman–Crippen LogP) is 4.87. The molecule has 0 saturated heterocycles. The molecule has 7 N–H and O–H groups in total. The summed E-state index contributed by atoms with van der Waals surface area (Å²) in [6, 6.07) is 23.8. The van der Waals surface area contributed by atoms with Crippen molar-refractivity contribution in [1.82, 2.24) is 0 Å². The molecule has 0 aromatic heterocycles. The molecule has 0 unspecified atom stereocenters. The van der Waals surface area contributed by atoms with Crippen molar-refractivity contribution in [2.45, 2.75) is 24.5 Å². The summed E-state index contributed by atoms with van der Waals surface area (Å²) in [7, 11) is -19.7. The Labute approximate surface area is 367 Å². The first-order chi connectivity index (χ1) is 30.0. The van der Waals surface area contributed by atoms with Gasteiger partial charge < -0.3 is 5.32 Å². The predicted molar refractivity (Wildman–Crippen MR) is 233 cm³/mol. The van der Waals surface area contributed by atoms with Gasteiger partial charge in [0.15, 0.2) is 0 Å². The van der Waals surface area contributed by atoms with E-state index >= 15 is 0 Å². The lowest BCUT2D eigenvalue weighted by Gasteiger charge is -2.17. The van der Waals surface area contributed by atoms with Gasteiger partial charge >= 0.3 is 0 Å². The van der Waals surface area contributed by atoms with Gasteiger partial charge in [-0.25, -0.2) is 0 Å². The number of allylic oxidation sites excluding steroid dienone is 2. The second kappa shape index (κ2) is 17.1. The molecule has 2 aliphatic carbocycles. The summed E-state index contributed by atoms with van der Waals surface area (Å²) in [5.41, 5.74) is 5.08. The largest absolute Gasteiger partial charge is 0.322 e. The molecule has 0 fully saturated rings. The van der Waals surface area contributed by atoms with Gasteiger partial charge in [0.1, 0.15) is 21.2 Å². The van der Waals surface area contributed by atoms with Crippen molar-refractivity contribution in [3.8, 4) is 0 Å². The third kappa shape index (κ3) is 10.1. The number of anilines is 3. The molecule has 7 rings (SSSR count). The van der Waals surface area contributed by atoms with Crippen LogP contribution in [0.3, 0.4) is 0 Å². The summed E-state index contributed by atoms with van der Waals surface area (Å²) in [4.78, 5) is 36.9. The number of ketones is 2. The van der Waals surface area contributed by atoms with Crippen molar-refractivity contribution < 1.29 is 66.3 Å². The molecule has 20 nitrogen and oxygen atoms in total. The second-order valence-electron chi connectivity index (χ2n) is 13.4. The van der Waals surface area contributed by atoms with Crippen LogP contribution in [0.4, 0.5) is 17.1 Å². The number of amides is 1. The van der Waals surface area contributed by atoms with Crippen molar-refractivity contribution in [2.24, 2.45) is 10.2 Å². The molecule has 0 bridgehead atoms. The van der Waals surface area contributed by atoms with E-state index < -0.39 is 89.0 Å². The second-order valence-corrected chi connectivity index (χ2v) is 20.2. The minimum atomic E-state index is -5.04. The number of nitrogens with one attached hydrogen (secondary N) is 3. The average molecular weight is 966 g/mol. The van der Waals surface area contributed by atoms with Crippen LogP contribution in [0.5, 0.6) is 0 Å². The van der Waals surface area contributed by atoms with E-state index in [1.807, 2.05) is 0 Å². The van der Waals surface area contributed by atoms with Crippen LogP contribution >= 0.6 is 11.8 Å². The molecule has 0 spiro atoms. The molecule has 0 heterocycles. The first-order valence-corrected chi connectivity index (χ1v) is 24.2. The molecule has 1 amide bonds. The van der Waals surface area contributed by atoms with Gasteiger partial charge in [-0.2, -0.15) is 43.9 Å². The molecule has 0 aliphatic heterocycles. The van der Waals surface area contributed by atoms with Crippen LogP contribution in [0.2, 0.25) is 0 Å². The fourth-order valence-corrected chi connectivity index (χ4v) is 9.36. The summed E-state index contributed by atoms with van der Waals surface area (Å²) in [6.07, 6.45) is 2.80. The van der Waals surface area contributed by atoms with Crippen LogP contribution < -0.4 is 16.2 Å². The lowest BCUT2D eigenvalue weighted by atomic mass is 9.94. The fraction of sp³-hybridized carbons (Fsp3) is 0. The number of benzene rings is 5. The third-order valence-electron chi connectivity index (χ3n) is 9.10. The van der Waals surface area contributed by atoms with Gasteiger partial charge in [0.2, 0.25) is 11.6 Å². The number of rotatable bonds is 12. The minimum absolute atomic E-state index is 0.0361. The Morgan fingerprint density at radius 2 is 1.09 bits per heavy atom. The lowest BCUT2D eigenvalue weighted by molar-refractivity contribution is -0.109. The maximum Gasteiger partial charge on any atom is 0.298 e. The maximum absolute atomic E-state index is 13.0. The van der Waals surface area contributed by atoms with Crippen LogP contribution in [-0.2, 0) is 50.1 Å². The van der Waals surface area contributed by atoms with Crippen molar-refractivity contribution in [1.29, 1.82) is 0 Å². The van der Waals surface area contributed by atoms with Gasteiger partial charge in [-0.15, -0.1) is 0 Å². The van der Waals surface area contributed by atoms with E-state index in [1.165, 1.54) is 36.0 Å². The van der Waals surface area contributed by atoms with Gasteiger partial charge in [0.25, 0.3) is 46.4 Å². The highest BCUT2D eigenvalue weighted by molar-refractivity contribution is 7.99. The summed E-state index contributed by atoms with van der Waals surface area (Å²) < 4.78 is 133. The van der Waals surface area contributed by atoms with Crippen molar-refractivity contribution >= 4 is 110 Å². The van der Waals surface area contributed by atoms with Crippen LogP contribution in [0.15, 0.2) is 149 Å². The van der Waals surface area contributed by atoms with E-state index in [4.69, 9.17) is 0 Å². The number of hydrogen-bond donors (Lipinski definition) is 7. The molecule has 0 atom stereocenters. The number of carbonyl (C=O) groups excluding carboxylic acids is 3. The number of fused-ring (bicyclic) bond motifs is 2. The molecular weight excluding hydrogens is 939 g/mol. The zero-order valence-electron chi connectivity index (χ0n) is 31.8. The SMILES string of the molecule is O=C1C(S(=O)(=O)O)=Cc2cc(S(=O)(=O)O)ccc2/C1=N/Nc1ccc(Sc2ccc(NC(=O)c3ccc(N/N=C4/C(=O)C=Cc5c4cc(S(=O)(=O)O)cc5S(=O)(=O)O)cc3)cc2)cc1. The third-order valence-corrected chi connectivity index (χ3v) is 13.6. The number of Topliss-reactive ketones (excluding diaryl/α,β-unsaturated/α-hetero) is 1. The molecule has 5 aromatic carbocycles. The van der Waals surface area contributed by atoms with Crippen LogP contribution in [0.25, 0.3) is 12.2 Å². The molecule has 5 aromatic rings. The standard InChI is InChI=1S/C39H27N5O15S5/c45-33-16-15-31-32(19-29(62(51,52)53)20-34(31)63(54,55)56)36(33)43-41-24-3-1-21(2-4-24)39(47)40-23-5-9-26(10-6-23)60-27-11-7-25(8-12-27)42-44-37-30-14-13-28(61(48,49)50)17-22(30)18-35(38(37)46)64(57,58)59/h1-20,41-42H,(H,40,47)(H,48,49,50)(H,51,52,53)(H,54,55,56)(H,57,58,59)/b43-36+,44-37-. The van der Waals surface area contributed by atoms with E-state index in [0.29, 0.717) is 17.4 Å². The highest BCUT2D eigenvalue weighted by Gasteiger charge is 2.34. The van der Waals surface area contributed by atoms with Crippen LogP contribution in [0, 0.1) is 0 Å². The minimum Gasteiger partial charge on any atom is -0.322 e. The zero-order valence-corrected chi connectivity index (χ0v) is 35.8. The van der Waals surface area contributed by atoms with E-state index in [-0.39, 0.29) is 33.5 Å². The monoisotopic (exact) mass is 965 g/mol. The zero-order chi connectivity index (χ0) is 46.4. The number of carbonyl (C=O) groups is 3. The molecule has 0 saturated carbocycles. The van der Waals surface area contributed by atoms with Gasteiger partial charge in [-0.1, -0.05) is 17.8 Å². The summed E-state index contributed by atoms with van der Waals surface area (Å²) in [5, 5.41) is 10.8. The summed E-state index contributed by atoms with van der Waals surface area (Å²) in [6.45, 7) is 0. The molecule has 64 heavy (non-hydrogen) atoms. The Hall–Kier alpha value is -6.68. The van der Waals surface area contributed by atoms with Crippen molar-refractivity contribution in [3.05, 3.63) is 142 Å². The Morgan fingerprint density at radius 1 is 0.547 bits per heavy atom. The smallest absolute Gasteiger partial charge is 0.298 e. The highest BCUT2D eigenvalue weighted by Crippen LogP contribution is 2.32. The van der Waals surface area contributed by atoms with E-state index in [1.54, 1.807) is 48.5 Å². The summed E-state index contributed by atoms with van der Waals surface area (Å²) in [5.74, 6) is -2.38. The summed E-state index contributed by atoms with van der Waals surface area (Å²) >= 11 is 1.36. The Bertz CT molecular complexity index is 3410. The molecular formula is C39H27N5O15S5. The number of hydrazone groups is 2. The quantitative estimate of drug-likeness (QED) is 0.0648. The van der Waals surface area contributed by atoms with Crippen molar-refractivity contribution in [2.75, 3.05) is 16.2 Å². The van der Waals surface area contributed by atoms with E-state index in [9.17, 15) is 66.3 Å². The molecule has 0 radical (unpaired) electrons. The number of hydrogen-bond acceptors (Lipinski definition) is 16. The Balaban J connectivity index is 0.979. The normalized spacial score (nSPS) is 15.3. The number of nitrogens with zero attached hydrogens (tertiary/aromatic N) is 2. The van der Waals surface area contributed by atoms with Crippen LogP contribution in [-0.4, -0.2) is 80.8 Å². The van der Waals surface area contributed by atoms with Crippen molar-refractivity contribution in [3.63, 3.8) is 0 Å². The molecule has 25 heteroatoms. The highest BCUT2D eigenvalue weighted by atomic mass is 32.2. The fourth-order valence-electron chi connectivity index (χ4n) is 6.08. The lowest BCUT2D eigenvalue weighted by Crippen LogP contribution is -2.27. The first kappa shape index (κ1) is 45.3.